The quantitative estimate of drug-likeness (QED) is 0.701. The Morgan fingerprint density at radius 1 is 1.33 bits per heavy atom. The number of nitrogens with zero attached hydrogens (tertiary/aromatic N) is 2. The van der Waals surface area contributed by atoms with Crippen LogP contribution in [-0.2, 0) is 6.54 Å². The van der Waals surface area contributed by atoms with Crippen LogP contribution in [0.3, 0.4) is 0 Å². The Morgan fingerprint density at radius 2 is 2.13 bits per heavy atom. The number of rotatable bonds is 2. The van der Waals surface area contributed by atoms with Crippen molar-refractivity contribution in [3.8, 4) is 0 Å². The first-order chi connectivity index (χ1) is 7.36. The van der Waals surface area contributed by atoms with Crippen LogP contribution in [0.25, 0.3) is 0 Å². The van der Waals surface area contributed by atoms with E-state index in [0.717, 1.165) is 19.4 Å². The molecule has 2 nitrogen and oxygen atoms in total. The fourth-order valence-electron chi connectivity index (χ4n) is 1.73. The smallest absolute Gasteiger partial charge is 0.0844 e. The standard InChI is InChI=1S/C13H16N2/c1-11-13(8-5-9-14-11)15-10-12-6-3-2-4-7-12/h2-4,6-7,9,11H,5,8,10H2,1H3. The summed E-state index contributed by atoms with van der Waals surface area (Å²) in [6.07, 6.45) is 4.11. The zero-order valence-corrected chi connectivity index (χ0v) is 9.06. The predicted molar refractivity (Wildman–Crippen MR) is 64.8 cm³/mol. The third-order valence-corrected chi connectivity index (χ3v) is 2.65. The van der Waals surface area contributed by atoms with Gasteiger partial charge in [-0.15, -0.1) is 0 Å². The molecule has 1 unspecified atom stereocenters. The molecule has 0 bridgehead atoms. The van der Waals surface area contributed by atoms with Gasteiger partial charge in [0.15, 0.2) is 0 Å². The Kier molecular flexibility index (Phi) is 3.28. The molecule has 0 N–H and O–H groups in total. The molecule has 0 saturated carbocycles. The summed E-state index contributed by atoms with van der Waals surface area (Å²) in [4.78, 5) is 9.01. The second-order valence-corrected chi connectivity index (χ2v) is 3.84. The van der Waals surface area contributed by atoms with Gasteiger partial charge in [0.25, 0.3) is 0 Å². The first-order valence-electron chi connectivity index (χ1n) is 5.45. The van der Waals surface area contributed by atoms with Crippen molar-refractivity contribution in [1.82, 2.24) is 0 Å². The van der Waals surface area contributed by atoms with E-state index in [4.69, 9.17) is 0 Å². The number of hydrogen-bond acceptors (Lipinski definition) is 2. The highest BCUT2D eigenvalue weighted by molar-refractivity contribution is 5.93. The van der Waals surface area contributed by atoms with Crippen LogP contribution >= 0.6 is 0 Å². The average Bonchev–Trinajstić information content (AvgIpc) is 2.29. The molecule has 2 rings (SSSR count). The first-order valence-corrected chi connectivity index (χ1v) is 5.45. The lowest BCUT2D eigenvalue weighted by Crippen LogP contribution is -2.19. The van der Waals surface area contributed by atoms with Crippen LogP contribution in [0.2, 0.25) is 0 Å². The lowest BCUT2D eigenvalue weighted by atomic mass is 10.1. The van der Waals surface area contributed by atoms with Gasteiger partial charge in [0.2, 0.25) is 0 Å². The van der Waals surface area contributed by atoms with Crippen LogP contribution in [0.1, 0.15) is 25.3 Å². The monoisotopic (exact) mass is 200 g/mol. The van der Waals surface area contributed by atoms with Crippen molar-refractivity contribution in [2.75, 3.05) is 0 Å². The third kappa shape index (κ3) is 2.75. The zero-order valence-electron chi connectivity index (χ0n) is 9.06. The molecular weight excluding hydrogens is 184 g/mol. The van der Waals surface area contributed by atoms with Gasteiger partial charge in [-0.1, -0.05) is 30.3 Å². The van der Waals surface area contributed by atoms with Crippen LogP contribution in [0.5, 0.6) is 0 Å². The van der Waals surface area contributed by atoms with Crippen molar-refractivity contribution >= 4 is 11.9 Å². The van der Waals surface area contributed by atoms with Gasteiger partial charge in [0, 0.05) is 5.71 Å². The largest absolute Gasteiger partial charge is 0.288 e. The second kappa shape index (κ2) is 4.87. The van der Waals surface area contributed by atoms with E-state index in [2.05, 4.69) is 41.2 Å². The number of hydrogen-bond donors (Lipinski definition) is 0. The summed E-state index contributed by atoms with van der Waals surface area (Å²) in [5.41, 5.74) is 2.51. The van der Waals surface area contributed by atoms with Gasteiger partial charge in [-0.3, -0.25) is 9.98 Å². The fraction of sp³-hybridized carbons (Fsp3) is 0.385. The van der Waals surface area contributed by atoms with E-state index in [1.165, 1.54) is 11.3 Å². The molecule has 1 atom stereocenters. The van der Waals surface area contributed by atoms with Crippen LogP contribution in [0.4, 0.5) is 0 Å². The van der Waals surface area contributed by atoms with Crippen molar-refractivity contribution in [3.63, 3.8) is 0 Å². The average molecular weight is 200 g/mol. The predicted octanol–water partition coefficient (Wildman–Crippen LogP) is 2.88. The summed E-state index contributed by atoms with van der Waals surface area (Å²) in [6, 6.07) is 10.6. The molecule has 1 heterocycles. The van der Waals surface area contributed by atoms with E-state index in [1.807, 2.05) is 12.3 Å². The molecule has 15 heavy (non-hydrogen) atoms. The van der Waals surface area contributed by atoms with Gasteiger partial charge < -0.3 is 0 Å². The summed E-state index contributed by atoms with van der Waals surface area (Å²) in [6.45, 7) is 2.90. The van der Waals surface area contributed by atoms with Crippen LogP contribution < -0.4 is 0 Å². The van der Waals surface area contributed by atoms with E-state index in [-0.39, 0.29) is 6.04 Å². The van der Waals surface area contributed by atoms with Gasteiger partial charge in [-0.25, -0.2) is 0 Å². The molecule has 2 heteroatoms. The molecule has 0 spiro atoms. The molecule has 1 aliphatic rings. The number of benzene rings is 1. The molecule has 0 aliphatic carbocycles. The minimum absolute atomic E-state index is 0.280. The normalized spacial score (nSPS) is 23.3. The molecule has 0 amide bonds. The summed E-state index contributed by atoms with van der Waals surface area (Å²) >= 11 is 0. The van der Waals surface area contributed by atoms with Crippen LogP contribution in [0, 0.1) is 0 Å². The Labute approximate surface area is 90.8 Å². The van der Waals surface area contributed by atoms with E-state index in [9.17, 15) is 0 Å². The molecule has 1 aromatic rings. The lowest BCUT2D eigenvalue weighted by Gasteiger charge is -2.14. The van der Waals surface area contributed by atoms with Gasteiger partial charge in [0.1, 0.15) is 0 Å². The van der Waals surface area contributed by atoms with Gasteiger partial charge in [-0.2, -0.15) is 0 Å². The van der Waals surface area contributed by atoms with Crippen LogP contribution in [-0.4, -0.2) is 18.0 Å². The molecule has 0 aromatic heterocycles. The highest BCUT2D eigenvalue weighted by atomic mass is 14.9. The Bertz CT molecular complexity index is 365. The topological polar surface area (TPSA) is 24.7 Å². The molecule has 0 radical (unpaired) electrons. The summed E-state index contributed by atoms with van der Waals surface area (Å²) in [5.74, 6) is 0. The summed E-state index contributed by atoms with van der Waals surface area (Å²) in [7, 11) is 0. The molecule has 1 aromatic carbocycles. The minimum Gasteiger partial charge on any atom is -0.288 e. The summed E-state index contributed by atoms with van der Waals surface area (Å²) in [5, 5.41) is 0. The zero-order chi connectivity index (χ0) is 10.5. The lowest BCUT2D eigenvalue weighted by molar-refractivity contribution is 0.873. The van der Waals surface area contributed by atoms with Crippen molar-refractivity contribution in [1.29, 1.82) is 0 Å². The van der Waals surface area contributed by atoms with E-state index in [1.54, 1.807) is 0 Å². The SMILES string of the molecule is CC1N=CCCC1=NCc1ccccc1. The summed E-state index contributed by atoms with van der Waals surface area (Å²) < 4.78 is 0. The number of aliphatic imine (C=N–C) groups is 2. The van der Waals surface area contributed by atoms with Crippen molar-refractivity contribution in [3.05, 3.63) is 35.9 Å². The molecule has 1 aliphatic heterocycles. The Morgan fingerprint density at radius 3 is 2.87 bits per heavy atom. The van der Waals surface area contributed by atoms with Gasteiger partial charge in [0.05, 0.1) is 12.6 Å². The molecule has 0 fully saturated rings. The molecular formula is C13H16N2. The first kappa shape index (κ1) is 10.1. The van der Waals surface area contributed by atoms with E-state index in [0.29, 0.717) is 0 Å². The van der Waals surface area contributed by atoms with E-state index >= 15 is 0 Å². The van der Waals surface area contributed by atoms with Crippen LogP contribution in [0.15, 0.2) is 40.3 Å². The van der Waals surface area contributed by atoms with Gasteiger partial charge >= 0.3 is 0 Å². The maximum Gasteiger partial charge on any atom is 0.0844 e. The Balaban J connectivity index is 2.02. The highest BCUT2D eigenvalue weighted by Gasteiger charge is 2.11. The van der Waals surface area contributed by atoms with E-state index < -0.39 is 0 Å². The van der Waals surface area contributed by atoms with Crippen molar-refractivity contribution in [2.45, 2.75) is 32.4 Å². The fourth-order valence-corrected chi connectivity index (χ4v) is 1.73. The van der Waals surface area contributed by atoms with Crippen molar-refractivity contribution in [2.24, 2.45) is 9.98 Å². The molecule has 78 valence electrons. The second-order valence-electron chi connectivity index (χ2n) is 3.84. The molecule has 0 saturated heterocycles. The van der Waals surface area contributed by atoms with Gasteiger partial charge in [-0.05, 0) is 31.5 Å². The maximum absolute atomic E-state index is 4.64. The third-order valence-electron chi connectivity index (χ3n) is 2.65. The van der Waals surface area contributed by atoms with Crippen molar-refractivity contribution < 1.29 is 0 Å². The highest BCUT2D eigenvalue weighted by Crippen LogP contribution is 2.09. The Hall–Kier alpha value is -1.44. The maximum atomic E-state index is 4.64. The minimum atomic E-state index is 0.280.